The molecule has 0 amide bonds. The molecule has 1 N–H and O–H groups in total. The lowest BCUT2D eigenvalue weighted by atomic mass is 9.94. The highest BCUT2D eigenvalue weighted by Crippen LogP contribution is 2.31. The van der Waals surface area contributed by atoms with Crippen molar-refractivity contribution in [2.24, 2.45) is 0 Å². The van der Waals surface area contributed by atoms with Crippen LogP contribution in [0.5, 0.6) is 0 Å². The van der Waals surface area contributed by atoms with E-state index in [4.69, 9.17) is 4.42 Å². The highest BCUT2D eigenvalue weighted by atomic mass is 79.9. The quantitative estimate of drug-likeness (QED) is 0.844. The monoisotopic (exact) mass is 270 g/mol. The van der Waals surface area contributed by atoms with Gasteiger partial charge in [0, 0.05) is 6.42 Å². The van der Waals surface area contributed by atoms with Crippen molar-refractivity contribution in [1.29, 1.82) is 0 Å². The first-order valence-corrected chi connectivity index (χ1v) is 6.15. The molecule has 0 aromatic carbocycles. The molecule has 0 aliphatic heterocycles. The van der Waals surface area contributed by atoms with Crippen LogP contribution in [0.2, 0.25) is 0 Å². The van der Waals surface area contributed by atoms with E-state index in [1.54, 1.807) is 6.26 Å². The van der Waals surface area contributed by atoms with Crippen LogP contribution in [-0.4, -0.2) is 5.11 Å². The van der Waals surface area contributed by atoms with E-state index < -0.39 is 6.10 Å². The summed E-state index contributed by atoms with van der Waals surface area (Å²) in [6, 6.07) is 1.81. The third-order valence-corrected chi connectivity index (χ3v) is 3.44. The molecule has 0 saturated carbocycles. The van der Waals surface area contributed by atoms with Crippen molar-refractivity contribution in [1.82, 2.24) is 0 Å². The van der Waals surface area contributed by atoms with Gasteiger partial charge in [-0.05, 0) is 47.7 Å². The number of halogens is 1. The van der Waals surface area contributed by atoms with Gasteiger partial charge in [-0.3, -0.25) is 0 Å². The second kappa shape index (κ2) is 4.99. The Bertz CT molecular complexity index is 354. The van der Waals surface area contributed by atoms with E-state index in [-0.39, 0.29) is 0 Å². The minimum absolute atomic E-state index is 0.515. The maximum Gasteiger partial charge on any atom is 0.146 e. The van der Waals surface area contributed by atoms with Crippen LogP contribution in [0, 0.1) is 0 Å². The van der Waals surface area contributed by atoms with Gasteiger partial charge in [-0.2, -0.15) is 0 Å². The Morgan fingerprint density at radius 1 is 1.47 bits per heavy atom. The summed E-state index contributed by atoms with van der Waals surface area (Å²) in [6.45, 7) is 0. The summed E-state index contributed by atoms with van der Waals surface area (Å²) < 4.78 is 6.10. The molecule has 0 fully saturated rings. The lowest BCUT2D eigenvalue weighted by molar-refractivity contribution is 0.147. The SMILES string of the molecule is OC(CC1=CCCCC1)c1occc1Br. The number of hydrogen-bond acceptors (Lipinski definition) is 2. The fourth-order valence-corrected chi connectivity index (χ4v) is 2.44. The van der Waals surface area contributed by atoms with E-state index in [0.717, 1.165) is 17.3 Å². The number of allylic oxidation sites excluding steroid dienone is 1. The van der Waals surface area contributed by atoms with E-state index in [1.165, 1.54) is 18.4 Å². The smallest absolute Gasteiger partial charge is 0.146 e. The van der Waals surface area contributed by atoms with E-state index >= 15 is 0 Å². The van der Waals surface area contributed by atoms with Gasteiger partial charge in [-0.25, -0.2) is 0 Å². The van der Waals surface area contributed by atoms with Crippen LogP contribution < -0.4 is 0 Å². The molecule has 1 atom stereocenters. The van der Waals surface area contributed by atoms with E-state index in [0.29, 0.717) is 12.2 Å². The second-order valence-electron chi connectivity index (χ2n) is 3.96. The number of rotatable bonds is 3. The van der Waals surface area contributed by atoms with Crippen LogP contribution in [0.25, 0.3) is 0 Å². The molecule has 3 heteroatoms. The van der Waals surface area contributed by atoms with Gasteiger partial charge in [0.15, 0.2) is 0 Å². The topological polar surface area (TPSA) is 33.4 Å². The highest BCUT2D eigenvalue weighted by molar-refractivity contribution is 9.10. The minimum Gasteiger partial charge on any atom is -0.465 e. The van der Waals surface area contributed by atoms with Crippen molar-refractivity contribution in [3.05, 3.63) is 34.2 Å². The van der Waals surface area contributed by atoms with Gasteiger partial charge in [0.05, 0.1) is 10.7 Å². The molecular weight excluding hydrogens is 256 g/mol. The Hall–Kier alpha value is -0.540. The van der Waals surface area contributed by atoms with E-state index in [9.17, 15) is 5.11 Å². The van der Waals surface area contributed by atoms with Crippen molar-refractivity contribution in [3.8, 4) is 0 Å². The van der Waals surface area contributed by atoms with Crippen LogP contribution >= 0.6 is 15.9 Å². The molecule has 1 unspecified atom stereocenters. The molecule has 1 heterocycles. The minimum atomic E-state index is -0.515. The molecule has 15 heavy (non-hydrogen) atoms. The molecule has 0 saturated heterocycles. The third kappa shape index (κ3) is 2.73. The van der Waals surface area contributed by atoms with Gasteiger partial charge >= 0.3 is 0 Å². The van der Waals surface area contributed by atoms with E-state index in [1.807, 2.05) is 6.07 Å². The van der Waals surface area contributed by atoms with Crippen molar-refractivity contribution in [2.45, 2.75) is 38.2 Å². The van der Waals surface area contributed by atoms with E-state index in [2.05, 4.69) is 22.0 Å². The standard InChI is InChI=1S/C12H15BrO2/c13-10-6-7-15-12(10)11(14)8-9-4-2-1-3-5-9/h4,6-7,11,14H,1-3,5,8H2. The van der Waals surface area contributed by atoms with Crippen molar-refractivity contribution in [3.63, 3.8) is 0 Å². The lowest BCUT2D eigenvalue weighted by Crippen LogP contribution is -2.01. The van der Waals surface area contributed by atoms with Gasteiger partial charge in [-0.15, -0.1) is 0 Å². The normalized spacial score (nSPS) is 18.7. The van der Waals surface area contributed by atoms with Gasteiger partial charge < -0.3 is 9.52 Å². The van der Waals surface area contributed by atoms with Crippen LogP contribution in [-0.2, 0) is 0 Å². The molecule has 1 aromatic rings. The first-order chi connectivity index (χ1) is 7.27. The van der Waals surface area contributed by atoms with Crippen molar-refractivity contribution in [2.75, 3.05) is 0 Å². The molecular formula is C12H15BrO2. The van der Waals surface area contributed by atoms with Crippen LogP contribution in [0.3, 0.4) is 0 Å². The summed E-state index contributed by atoms with van der Waals surface area (Å²) in [5, 5.41) is 9.98. The number of aliphatic hydroxyl groups is 1. The van der Waals surface area contributed by atoms with Gasteiger partial charge in [-0.1, -0.05) is 11.6 Å². The van der Waals surface area contributed by atoms with Crippen LogP contribution in [0.4, 0.5) is 0 Å². The van der Waals surface area contributed by atoms with Gasteiger partial charge in [0.25, 0.3) is 0 Å². The molecule has 1 aliphatic rings. The zero-order valence-electron chi connectivity index (χ0n) is 8.58. The summed E-state index contributed by atoms with van der Waals surface area (Å²) >= 11 is 3.36. The van der Waals surface area contributed by atoms with Crippen LogP contribution in [0.1, 0.15) is 44.0 Å². The molecule has 1 aliphatic carbocycles. The molecule has 0 bridgehead atoms. The summed E-state index contributed by atoms with van der Waals surface area (Å²) in [5.74, 6) is 0.640. The number of aliphatic hydroxyl groups excluding tert-OH is 1. The molecule has 1 aromatic heterocycles. The number of hydrogen-bond donors (Lipinski definition) is 1. The number of furan rings is 1. The zero-order chi connectivity index (χ0) is 10.7. The largest absolute Gasteiger partial charge is 0.465 e. The average molecular weight is 271 g/mol. The molecule has 0 spiro atoms. The van der Waals surface area contributed by atoms with Crippen LogP contribution in [0.15, 0.2) is 32.9 Å². The molecule has 2 rings (SSSR count). The highest BCUT2D eigenvalue weighted by Gasteiger charge is 2.17. The lowest BCUT2D eigenvalue weighted by Gasteiger charge is -2.15. The predicted molar refractivity (Wildman–Crippen MR) is 62.5 cm³/mol. The molecule has 0 radical (unpaired) electrons. The fraction of sp³-hybridized carbons (Fsp3) is 0.500. The maximum atomic E-state index is 9.98. The molecule has 82 valence electrons. The fourth-order valence-electron chi connectivity index (χ4n) is 1.97. The summed E-state index contributed by atoms with van der Waals surface area (Å²) in [6.07, 6.45) is 8.84. The Balaban J connectivity index is 2.00. The van der Waals surface area contributed by atoms with Gasteiger partial charge in [0.2, 0.25) is 0 Å². The average Bonchev–Trinajstić information content (AvgIpc) is 2.66. The molecule has 2 nitrogen and oxygen atoms in total. The third-order valence-electron chi connectivity index (χ3n) is 2.79. The van der Waals surface area contributed by atoms with Gasteiger partial charge in [0.1, 0.15) is 11.9 Å². The Kier molecular flexibility index (Phi) is 3.65. The predicted octanol–water partition coefficient (Wildman–Crippen LogP) is 3.97. The van der Waals surface area contributed by atoms with Crippen molar-refractivity contribution >= 4 is 15.9 Å². The Morgan fingerprint density at radius 2 is 2.33 bits per heavy atom. The maximum absolute atomic E-state index is 9.98. The summed E-state index contributed by atoms with van der Waals surface area (Å²) in [5.41, 5.74) is 1.36. The first-order valence-electron chi connectivity index (χ1n) is 5.36. The first kappa shape index (κ1) is 11.0. The summed E-state index contributed by atoms with van der Waals surface area (Å²) in [7, 11) is 0. The zero-order valence-corrected chi connectivity index (χ0v) is 10.2. The Labute approximate surface area is 98.1 Å². The Morgan fingerprint density at radius 3 is 2.93 bits per heavy atom. The van der Waals surface area contributed by atoms with Crippen molar-refractivity contribution < 1.29 is 9.52 Å². The second-order valence-corrected chi connectivity index (χ2v) is 4.82. The summed E-state index contributed by atoms with van der Waals surface area (Å²) in [4.78, 5) is 0.